The Labute approximate surface area is 109 Å². The SMILES string of the molecule is FC(F)(F)C(F)(F)CCCOc1ccccc1Br. The van der Waals surface area contributed by atoms with Gasteiger partial charge < -0.3 is 4.74 Å². The summed E-state index contributed by atoms with van der Waals surface area (Å²) in [6, 6.07) is 6.67. The fraction of sp³-hybridized carbons (Fsp3) is 0.455. The highest BCUT2D eigenvalue weighted by Gasteiger charge is 2.56. The summed E-state index contributed by atoms with van der Waals surface area (Å²) in [5, 5.41) is 0. The van der Waals surface area contributed by atoms with Gasteiger partial charge in [0, 0.05) is 6.42 Å². The second-order valence-corrected chi connectivity index (χ2v) is 4.44. The van der Waals surface area contributed by atoms with Crippen LogP contribution in [0.2, 0.25) is 0 Å². The van der Waals surface area contributed by atoms with Gasteiger partial charge in [-0.1, -0.05) is 12.1 Å². The van der Waals surface area contributed by atoms with Crippen LogP contribution in [0.15, 0.2) is 28.7 Å². The van der Waals surface area contributed by atoms with E-state index >= 15 is 0 Å². The Morgan fingerprint density at radius 1 is 1.06 bits per heavy atom. The summed E-state index contributed by atoms with van der Waals surface area (Å²) >= 11 is 3.17. The summed E-state index contributed by atoms with van der Waals surface area (Å²) in [7, 11) is 0. The zero-order chi connectivity index (χ0) is 13.8. The molecule has 0 aliphatic heterocycles. The van der Waals surface area contributed by atoms with E-state index in [4.69, 9.17) is 4.74 Å². The van der Waals surface area contributed by atoms with E-state index in [1.54, 1.807) is 24.3 Å². The van der Waals surface area contributed by atoms with Crippen LogP contribution >= 0.6 is 15.9 Å². The predicted octanol–water partition coefficient (Wildman–Crippen LogP) is 4.81. The molecule has 0 unspecified atom stereocenters. The van der Waals surface area contributed by atoms with Crippen LogP contribution in [-0.4, -0.2) is 18.7 Å². The fourth-order valence-corrected chi connectivity index (χ4v) is 1.58. The Bertz CT molecular complexity index is 391. The zero-order valence-corrected chi connectivity index (χ0v) is 10.7. The Morgan fingerprint density at radius 3 is 2.22 bits per heavy atom. The van der Waals surface area contributed by atoms with Crippen LogP contribution in [-0.2, 0) is 0 Å². The van der Waals surface area contributed by atoms with Gasteiger partial charge in [0.25, 0.3) is 0 Å². The van der Waals surface area contributed by atoms with E-state index in [0.717, 1.165) is 0 Å². The molecule has 7 heteroatoms. The maximum atomic E-state index is 12.5. The Kier molecular flexibility index (Phi) is 4.95. The van der Waals surface area contributed by atoms with Gasteiger partial charge in [-0.15, -0.1) is 0 Å². The number of ether oxygens (including phenoxy) is 1. The van der Waals surface area contributed by atoms with E-state index in [2.05, 4.69) is 15.9 Å². The third-order valence-electron chi connectivity index (χ3n) is 2.14. The van der Waals surface area contributed by atoms with Gasteiger partial charge in [0.2, 0.25) is 0 Å². The van der Waals surface area contributed by atoms with E-state index in [-0.39, 0.29) is 13.0 Å². The number of rotatable bonds is 5. The van der Waals surface area contributed by atoms with E-state index in [0.29, 0.717) is 10.2 Å². The Balaban J connectivity index is 2.38. The maximum absolute atomic E-state index is 12.5. The molecule has 0 aromatic heterocycles. The third kappa shape index (κ3) is 4.12. The summed E-state index contributed by atoms with van der Waals surface area (Å²) in [4.78, 5) is 0. The molecule has 0 saturated heterocycles. The molecule has 102 valence electrons. The lowest BCUT2D eigenvalue weighted by atomic mass is 10.2. The fourth-order valence-electron chi connectivity index (χ4n) is 1.18. The van der Waals surface area contributed by atoms with Crippen LogP contribution in [0.5, 0.6) is 5.75 Å². The number of benzene rings is 1. The van der Waals surface area contributed by atoms with Crippen LogP contribution in [0.4, 0.5) is 22.0 Å². The molecule has 18 heavy (non-hydrogen) atoms. The average molecular weight is 333 g/mol. The zero-order valence-electron chi connectivity index (χ0n) is 9.11. The summed E-state index contributed by atoms with van der Waals surface area (Å²) in [6.45, 7) is -0.200. The first-order chi connectivity index (χ1) is 8.24. The van der Waals surface area contributed by atoms with Crippen LogP contribution < -0.4 is 4.74 Å². The molecule has 0 aliphatic carbocycles. The minimum atomic E-state index is -5.50. The monoisotopic (exact) mass is 332 g/mol. The van der Waals surface area contributed by atoms with Crippen LogP contribution in [0, 0.1) is 0 Å². The number of hydrogen-bond donors (Lipinski definition) is 0. The highest BCUT2D eigenvalue weighted by molar-refractivity contribution is 9.10. The van der Waals surface area contributed by atoms with Gasteiger partial charge in [0.15, 0.2) is 0 Å². The first kappa shape index (κ1) is 15.2. The molecular weight excluding hydrogens is 323 g/mol. The molecule has 1 nitrogen and oxygen atoms in total. The molecule has 1 aromatic carbocycles. The van der Waals surface area contributed by atoms with Crippen LogP contribution in [0.1, 0.15) is 12.8 Å². The Morgan fingerprint density at radius 2 is 1.67 bits per heavy atom. The van der Waals surface area contributed by atoms with Crippen molar-refractivity contribution >= 4 is 15.9 Å². The number of alkyl halides is 5. The van der Waals surface area contributed by atoms with E-state index in [1.807, 2.05) is 0 Å². The van der Waals surface area contributed by atoms with Crippen molar-refractivity contribution in [1.29, 1.82) is 0 Å². The molecule has 0 atom stereocenters. The van der Waals surface area contributed by atoms with Gasteiger partial charge in [0.1, 0.15) is 5.75 Å². The molecule has 0 heterocycles. The molecule has 0 fully saturated rings. The van der Waals surface area contributed by atoms with Gasteiger partial charge in [-0.2, -0.15) is 22.0 Å². The van der Waals surface area contributed by atoms with Gasteiger partial charge in [-0.25, -0.2) is 0 Å². The van der Waals surface area contributed by atoms with E-state index in [9.17, 15) is 22.0 Å². The lowest BCUT2D eigenvalue weighted by Crippen LogP contribution is -2.36. The molecule has 0 N–H and O–H groups in total. The summed E-state index contributed by atoms with van der Waals surface area (Å²) in [5.74, 6) is -4.25. The lowest BCUT2D eigenvalue weighted by molar-refractivity contribution is -0.284. The van der Waals surface area contributed by atoms with Gasteiger partial charge in [-0.3, -0.25) is 0 Å². The van der Waals surface area contributed by atoms with Crippen molar-refractivity contribution in [3.8, 4) is 5.75 Å². The van der Waals surface area contributed by atoms with Gasteiger partial charge in [0.05, 0.1) is 11.1 Å². The maximum Gasteiger partial charge on any atom is 0.453 e. The van der Waals surface area contributed by atoms with Crippen molar-refractivity contribution in [3.63, 3.8) is 0 Å². The van der Waals surface area contributed by atoms with Gasteiger partial charge in [-0.05, 0) is 34.5 Å². The van der Waals surface area contributed by atoms with Crippen molar-refractivity contribution in [2.24, 2.45) is 0 Å². The molecule has 0 bridgehead atoms. The molecule has 0 amide bonds. The molecule has 0 spiro atoms. The molecule has 1 aromatic rings. The summed E-state index contributed by atoms with van der Waals surface area (Å²) in [5.41, 5.74) is 0. The van der Waals surface area contributed by atoms with Crippen molar-refractivity contribution < 1.29 is 26.7 Å². The molecular formula is C11H10BrF5O. The van der Waals surface area contributed by atoms with E-state index in [1.165, 1.54) is 0 Å². The standard InChI is InChI=1S/C11H10BrF5O/c12-8-4-1-2-5-9(8)18-7-3-6-10(13,14)11(15,16)17/h1-2,4-5H,3,6-7H2. The largest absolute Gasteiger partial charge is 0.492 e. The quantitative estimate of drug-likeness (QED) is 0.555. The lowest BCUT2D eigenvalue weighted by Gasteiger charge is -2.19. The summed E-state index contributed by atoms with van der Waals surface area (Å²) in [6.07, 6.45) is -7.16. The number of para-hydroxylation sites is 1. The van der Waals surface area contributed by atoms with Crippen LogP contribution in [0.25, 0.3) is 0 Å². The molecule has 1 rings (SSSR count). The van der Waals surface area contributed by atoms with E-state index < -0.39 is 18.5 Å². The minimum Gasteiger partial charge on any atom is -0.492 e. The molecule has 0 radical (unpaired) electrons. The van der Waals surface area contributed by atoms with Crippen molar-refractivity contribution in [2.45, 2.75) is 24.9 Å². The topological polar surface area (TPSA) is 9.23 Å². The number of hydrogen-bond acceptors (Lipinski definition) is 1. The van der Waals surface area contributed by atoms with Crippen LogP contribution in [0.3, 0.4) is 0 Å². The minimum absolute atomic E-state index is 0.200. The second kappa shape index (κ2) is 5.86. The first-order valence-corrected chi connectivity index (χ1v) is 5.85. The molecule has 0 aliphatic rings. The van der Waals surface area contributed by atoms with Crippen molar-refractivity contribution in [1.82, 2.24) is 0 Å². The Hall–Kier alpha value is -0.850. The number of halogens is 6. The predicted molar refractivity (Wildman–Crippen MR) is 59.9 cm³/mol. The highest BCUT2D eigenvalue weighted by atomic mass is 79.9. The molecule has 0 saturated carbocycles. The first-order valence-electron chi connectivity index (χ1n) is 5.06. The average Bonchev–Trinajstić information content (AvgIpc) is 2.25. The normalized spacial score (nSPS) is 12.6. The third-order valence-corrected chi connectivity index (χ3v) is 2.80. The van der Waals surface area contributed by atoms with Crippen molar-refractivity contribution in [3.05, 3.63) is 28.7 Å². The van der Waals surface area contributed by atoms with Crippen molar-refractivity contribution in [2.75, 3.05) is 6.61 Å². The summed E-state index contributed by atoms with van der Waals surface area (Å²) < 4.78 is 66.4. The highest BCUT2D eigenvalue weighted by Crippen LogP contribution is 2.38. The van der Waals surface area contributed by atoms with Gasteiger partial charge >= 0.3 is 12.1 Å². The smallest absolute Gasteiger partial charge is 0.453 e. The second-order valence-electron chi connectivity index (χ2n) is 3.58.